The van der Waals surface area contributed by atoms with Gasteiger partial charge in [-0.05, 0) is 55.0 Å². The van der Waals surface area contributed by atoms with Gasteiger partial charge in [-0.3, -0.25) is 0 Å². The van der Waals surface area contributed by atoms with E-state index in [1.54, 1.807) is 0 Å². The highest BCUT2D eigenvalue weighted by molar-refractivity contribution is 5.52. The maximum atomic E-state index is 6.04. The van der Waals surface area contributed by atoms with Crippen molar-refractivity contribution in [1.82, 2.24) is 5.32 Å². The number of nitrogens with two attached hydrogens (primary N) is 1. The lowest BCUT2D eigenvalue weighted by Crippen LogP contribution is -2.36. The van der Waals surface area contributed by atoms with Crippen molar-refractivity contribution in [3.05, 3.63) is 65.2 Å². The van der Waals surface area contributed by atoms with Crippen LogP contribution in [0.25, 0.3) is 0 Å². The smallest absolute Gasteiger partial charge is 0.0349 e. The molecular formula is C18H22N2. The molecule has 0 amide bonds. The minimum atomic E-state index is 0.591. The molecule has 0 aliphatic heterocycles. The summed E-state index contributed by atoms with van der Waals surface area (Å²) in [5.41, 5.74) is 11.2. The summed E-state index contributed by atoms with van der Waals surface area (Å²) in [5, 5.41) is 3.69. The molecule has 2 nitrogen and oxygen atoms in total. The maximum Gasteiger partial charge on any atom is 0.0349 e. The highest BCUT2D eigenvalue weighted by Crippen LogP contribution is 2.26. The van der Waals surface area contributed by atoms with E-state index < -0.39 is 0 Å². The number of benzene rings is 2. The molecule has 0 heterocycles. The second-order valence-corrected chi connectivity index (χ2v) is 5.61. The van der Waals surface area contributed by atoms with Crippen LogP contribution in [0, 0.1) is 0 Å². The normalized spacial score (nSPS) is 17.7. The number of hydrogen-bond donors (Lipinski definition) is 2. The topological polar surface area (TPSA) is 38.0 Å². The highest BCUT2D eigenvalue weighted by atomic mass is 14.9. The van der Waals surface area contributed by atoms with Crippen LogP contribution in [-0.4, -0.2) is 12.6 Å². The zero-order valence-electron chi connectivity index (χ0n) is 11.8. The molecular weight excluding hydrogens is 244 g/mol. The van der Waals surface area contributed by atoms with Gasteiger partial charge in [0.2, 0.25) is 0 Å². The summed E-state index contributed by atoms with van der Waals surface area (Å²) in [6.45, 7) is 1.05. The Morgan fingerprint density at radius 2 is 1.90 bits per heavy atom. The lowest BCUT2D eigenvalue weighted by atomic mass is 9.87. The Hall–Kier alpha value is -1.80. The summed E-state index contributed by atoms with van der Waals surface area (Å²) < 4.78 is 0. The fourth-order valence-corrected chi connectivity index (χ4v) is 3.08. The lowest BCUT2D eigenvalue weighted by Gasteiger charge is -2.26. The van der Waals surface area contributed by atoms with Crippen molar-refractivity contribution in [2.45, 2.75) is 31.7 Å². The molecule has 0 saturated heterocycles. The lowest BCUT2D eigenvalue weighted by molar-refractivity contribution is 0.462. The van der Waals surface area contributed by atoms with Crippen LogP contribution in [0.4, 0.5) is 5.69 Å². The molecule has 2 aromatic rings. The van der Waals surface area contributed by atoms with Gasteiger partial charge in [0.05, 0.1) is 0 Å². The van der Waals surface area contributed by atoms with E-state index in [2.05, 4.69) is 47.8 Å². The zero-order valence-corrected chi connectivity index (χ0v) is 11.8. The van der Waals surface area contributed by atoms with Crippen LogP contribution in [-0.2, 0) is 19.3 Å². The first-order chi connectivity index (χ1) is 9.83. The van der Waals surface area contributed by atoms with Gasteiger partial charge >= 0.3 is 0 Å². The number of anilines is 1. The molecule has 0 bridgehead atoms. The Labute approximate surface area is 121 Å². The van der Waals surface area contributed by atoms with Crippen LogP contribution in [0.3, 0.4) is 0 Å². The van der Waals surface area contributed by atoms with Gasteiger partial charge in [-0.2, -0.15) is 0 Å². The molecule has 1 atom stereocenters. The van der Waals surface area contributed by atoms with Gasteiger partial charge < -0.3 is 11.1 Å². The Morgan fingerprint density at radius 1 is 1.05 bits per heavy atom. The molecule has 2 aromatic carbocycles. The second-order valence-electron chi connectivity index (χ2n) is 5.61. The average molecular weight is 266 g/mol. The molecule has 2 heteroatoms. The Morgan fingerprint density at radius 3 is 2.75 bits per heavy atom. The van der Waals surface area contributed by atoms with Crippen molar-refractivity contribution in [2.24, 2.45) is 0 Å². The molecule has 0 saturated carbocycles. The van der Waals surface area contributed by atoms with Gasteiger partial charge in [0.25, 0.3) is 0 Å². The fourth-order valence-electron chi connectivity index (χ4n) is 3.08. The monoisotopic (exact) mass is 266 g/mol. The molecule has 0 aromatic heterocycles. The summed E-state index contributed by atoms with van der Waals surface area (Å²) in [5.74, 6) is 0. The van der Waals surface area contributed by atoms with E-state index in [0.717, 1.165) is 31.5 Å². The van der Waals surface area contributed by atoms with Crippen LogP contribution in [0.2, 0.25) is 0 Å². The van der Waals surface area contributed by atoms with Crippen molar-refractivity contribution < 1.29 is 0 Å². The minimum absolute atomic E-state index is 0.591. The number of fused-ring (bicyclic) bond motifs is 1. The van der Waals surface area contributed by atoms with Crippen molar-refractivity contribution >= 4 is 5.69 Å². The number of nitrogen functional groups attached to an aromatic ring is 1. The summed E-state index contributed by atoms with van der Waals surface area (Å²) in [6.07, 6.45) is 4.50. The first-order valence-electron chi connectivity index (χ1n) is 7.46. The van der Waals surface area contributed by atoms with E-state index in [-0.39, 0.29) is 0 Å². The van der Waals surface area contributed by atoms with E-state index in [1.165, 1.54) is 23.1 Å². The minimum Gasteiger partial charge on any atom is -0.398 e. The summed E-state index contributed by atoms with van der Waals surface area (Å²) in [7, 11) is 0. The first-order valence-corrected chi connectivity index (χ1v) is 7.46. The van der Waals surface area contributed by atoms with Crippen molar-refractivity contribution in [1.29, 1.82) is 0 Å². The molecule has 0 spiro atoms. The molecule has 104 valence electrons. The Kier molecular flexibility index (Phi) is 4.03. The second kappa shape index (κ2) is 6.10. The number of rotatable bonds is 4. The van der Waals surface area contributed by atoms with Crippen molar-refractivity contribution in [3.63, 3.8) is 0 Å². The molecule has 1 unspecified atom stereocenters. The molecule has 0 radical (unpaired) electrons. The maximum absolute atomic E-state index is 6.04. The molecule has 1 aliphatic carbocycles. The third-order valence-electron chi connectivity index (χ3n) is 4.21. The highest BCUT2D eigenvalue weighted by Gasteiger charge is 2.19. The molecule has 0 fully saturated rings. The Balaban J connectivity index is 1.53. The van der Waals surface area contributed by atoms with E-state index in [1.807, 2.05) is 6.07 Å². The summed E-state index contributed by atoms with van der Waals surface area (Å²) in [6, 6.07) is 17.6. The van der Waals surface area contributed by atoms with Gasteiger partial charge in [-0.15, -0.1) is 0 Å². The molecule has 1 aliphatic rings. The van der Waals surface area contributed by atoms with Crippen LogP contribution < -0.4 is 11.1 Å². The van der Waals surface area contributed by atoms with Crippen LogP contribution in [0.15, 0.2) is 48.5 Å². The Bertz CT molecular complexity index is 563. The predicted molar refractivity (Wildman–Crippen MR) is 84.8 cm³/mol. The van der Waals surface area contributed by atoms with Crippen molar-refractivity contribution in [2.75, 3.05) is 12.3 Å². The fraction of sp³-hybridized carbons (Fsp3) is 0.333. The SMILES string of the molecule is Nc1cccc2c1CCC(NCCc1ccccc1)C2. The largest absolute Gasteiger partial charge is 0.398 e. The third kappa shape index (κ3) is 3.02. The molecule has 3 N–H and O–H groups in total. The van der Waals surface area contributed by atoms with E-state index in [9.17, 15) is 0 Å². The van der Waals surface area contributed by atoms with Crippen LogP contribution in [0.5, 0.6) is 0 Å². The van der Waals surface area contributed by atoms with E-state index in [4.69, 9.17) is 5.73 Å². The molecule has 20 heavy (non-hydrogen) atoms. The van der Waals surface area contributed by atoms with E-state index in [0.29, 0.717) is 6.04 Å². The van der Waals surface area contributed by atoms with Gasteiger partial charge in [0, 0.05) is 11.7 Å². The average Bonchev–Trinajstić information content (AvgIpc) is 2.48. The van der Waals surface area contributed by atoms with Gasteiger partial charge in [-0.1, -0.05) is 42.5 Å². The zero-order chi connectivity index (χ0) is 13.8. The van der Waals surface area contributed by atoms with Gasteiger partial charge in [-0.25, -0.2) is 0 Å². The standard InChI is InChI=1S/C18H22N2/c19-18-8-4-7-15-13-16(9-10-17(15)18)20-12-11-14-5-2-1-3-6-14/h1-8,16,20H,9-13,19H2. The van der Waals surface area contributed by atoms with Crippen molar-refractivity contribution in [3.8, 4) is 0 Å². The third-order valence-corrected chi connectivity index (χ3v) is 4.21. The first kappa shape index (κ1) is 13.2. The number of hydrogen-bond acceptors (Lipinski definition) is 2. The van der Waals surface area contributed by atoms with Gasteiger partial charge in [0.15, 0.2) is 0 Å². The predicted octanol–water partition coefficient (Wildman–Crippen LogP) is 2.96. The quantitative estimate of drug-likeness (QED) is 0.835. The summed E-state index contributed by atoms with van der Waals surface area (Å²) >= 11 is 0. The van der Waals surface area contributed by atoms with E-state index >= 15 is 0 Å². The van der Waals surface area contributed by atoms with Gasteiger partial charge in [0.1, 0.15) is 0 Å². The molecule has 3 rings (SSSR count). The van der Waals surface area contributed by atoms with Crippen LogP contribution >= 0.6 is 0 Å². The van der Waals surface area contributed by atoms with Crippen LogP contribution in [0.1, 0.15) is 23.1 Å². The summed E-state index contributed by atoms with van der Waals surface area (Å²) in [4.78, 5) is 0. The number of nitrogens with one attached hydrogen (secondary N) is 1.